The van der Waals surface area contributed by atoms with Crippen molar-refractivity contribution in [3.8, 4) is 0 Å². The lowest BCUT2D eigenvalue weighted by atomic mass is 9.81. The van der Waals surface area contributed by atoms with E-state index in [2.05, 4.69) is 37.2 Å². The van der Waals surface area contributed by atoms with Crippen molar-refractivity contribution in [1.82, 2.24) is 4.90 Å². The Morgan fingerprint density at radius 2 is 1.67 bits per heavy atom. The van der Waals surface area contributed by atoms with E-state index in [-0.39, 0.29) is 57.0 Å². The largest absolute Gasteiger partial charge is 0.324 e. The van der Waals surface area contributed by atoms with Gasteiger partial charge in [0.1, 0.15) is 6.04 Å². The highest BCUT2D eigenvalue weighted by atomic mass is 79.9. The zero-order valence-corrected chi connectivity index (χ0v) is 20.9. The predicted octanol–water partition coefficient (Wildman–Crippen LogP) is 4.43. The molecule has 0 unspecified atom stereocenters. The van der Waals surface area contributed by atoms with Gasteiger partial charge >= 0.3 is 0 Å². The summed E-state index contributed by atoms with van der Waals surface area (Å²) >= 11 is 7.44. The first-order chi connectivity index (χ1) is 14.1. The average molecular weight is 540 g/mol. The number of imide groups is 1. The number of benzene rings is 1. The predicted molar refractivity (Wildman–Crippen MR) is 124 cm³/mol. The van der Waals surface area contributed by atoms with Crippen molar-refractivity contribution in [3.05, 3.63) is 29.3 Å². The van der Waals surface area contributed by atoms with Crippen molar-refractivity contribution < 1.29 is 14.4 Å². The lowest BCUT2D eigenvalue weighted by Crippen LogP contribution is -2.49. The molecule has 1 saturated heterocycles. The van der Waals surface area contributed by atoms with E-state index in [1.165, 1.54) is 4.90 Å². The fourth-order valence-electron chi connectivity index (χ4n) is 5.63. The van der Waals surface area contributed by atoms with Gasteiger partial charge in [0.15, 0.2) is 0 Å². The molecule has 162 valence electrons. The van der Waals surface area contributed by atoms with Gasteiger partial charge in [-0.05, 0) is 56.1 Å². The van der Waals surface area contributed by atoms with Gasteiger partial charge in [-0.25, -0.2) is 0 Å². The number of fused-ring (bicyclic) bond motifs is 5. The minimum absolute atomic E-state index is 0.146. The van der Waals surface area contributed by atoms with E-state index < -0.39 is 6.04 Å². The number of hydrogen-bond donors (Lipinski definition) is 1. The molecule has 4 rings (SSSR count). The van der Waals surface area contributed by atoms with Gasteiger partial charge in [-0.1, -0.05) is 63.4 Å². The number of anilines is 1. The lowest BCUT2D eigenvalue weighted by molar-refractivity contribution is -0.147. The summed E-state index contributed by atoms with van der Waals surface area (Å²) in [5.74, 6) is -0.749. The molecular formula is C23H28Br2N2O3. The molecule has 0 spiro atoms. The summed E-state index contributed by atoms with van der Waals surface area (Å²) in [5, 5.41) is 2.98. The fourth-order valence-corrected chi connectivity index (χ4v) is 7.50. The molecule has 1 aliphatic heterocycles. The zero-order chi connectivity index (χ0) is 21.9. The van der Waals surface area contributed by atoms with E-state index in [9.17, 15) is 14.4 Å². The molecule has 7 heteroatoms. The molecule has 5 nitrogen and oxygen atoms in total. The van der Waals surface area contributed by atoms with Gasteiger partial charge < -0.3 is 5.32 Å². The van der Waals surface area contributed by atoms with Gasteiger partial charge in [0, 0.05) is 15.3 Å². The summed E-state index contributed by atoms with van der Waals surface area (Å²) in [6, 6.07) is 5.05. The Labute approximate surface area is 194 Å². The van der Waals surface area contributed by atoms with Crippen LogP contribution in [0.2, 0.25) is 0 Å². The van der Waals surface area contributed by atoms with Crippen LogP contribution in [0, 0.1) is 43.4 Å². The quantitative estimate of drug-likeness (QED) is 0.444. The minimum atomic E-state index is -0.779. The molecule has 2 saturated carbocycles. The molecule has 30 heavy (non-hydrogen) atoms. The molecule has 1 aromatic rings. The number of aryl methyl sites for hydroxylation is 2. The summed E-state index contributed by atoms with van der Waals surface area (Å²) in [5.41, 5.74) is 2.80. The number of nitrogens with zero attached hydrogens (tertiary/aromatic N) is 1. The second-order valence-corrected chi connectivity index (χ2v) is 11.6. The van der Waals surface area contributed by atoms with E-state index in [1.807, 2.05) is 45.9 Å². The van der Waals surface area contributed by atoms with Crippen LogP contribution in [0.15, 0.2) is 18.2 Å². The SMILES string of the molecule is Cc1ccc(NC(=O)[C@H](CC(C)C)N2C(=O)[C@@H]3[C@H]4C[C@@H]([C@H](Br)[C@@H]4Br)[C@@H]3C2=O)c(C)c1. The topological polar surface area (TPSA) is 66.5 Å². The third-order valence-corrected chi connectivity index (χ3v) is 10.2. The van der Waals surface area contributed by atoms with Crippen LogP contribution in [-0.4, -0.2) is 38.3 Å². The molecule has 1 aromatic carbocycles. The van der Waals surface area contributed by atoms with Crippen molar-refractivity contribution in [1.29, 1.82) is 0 Å². The Balaban J connectivity index is 1.62. The molecule has 0 aromatic heterocycles. The van der Waals surface area contributed by atoms with E-state index in [0.717, 1.165) is 23.2 Å². The van der Waals surface area contributed by atoms with Crippen LogP contribution in [0.1, 0.15) is 37.8 Å². The molecule has 2 bridgehead atoms. The second-order valence-electron chi connectivity index (χ2n) is 9.50. The Morgan fingerprint density at radius 1 is 1.10 bits per heavy atom. The van der Waals surface area contributed by atoms with Crippen molar-refractivity contribution in [2.24, 2.45) is 29.6 Å². The molecule has 0 radical (unpaired) electrons. The van der Waals surface area contributed by atoms with E-state index in [4.69, 9.17) is 0 Å². The number of amides is 3. The first-order valence-electron chi connectivity index (χ1n) is 10.6. The van der Waals surface area contributed by atoms with E-state index in [1.54, 1.807) is 0 Å². The first kappa shape index (κ1) is 22.0. The zero-order valence-electron chi connectivity index (χ0n) is 17.7. The van der Waals surface area contributed by atoms with Gasteiger partial charge in [-0.15, -0.1) is 0 Å². The van der Waals surface area contributed by atoms with Gasteiger partial charge in [-0.2, -0.15) is 0 Å². The lowest BCUT2D eigenvalue weighted by Gasteiger charge is -2.28. The van der Waals surface area contributed by atoms with Crippen LogP contribution >= 0.6 is 31.9 Å². The van der Waals surface area contributed by atoms with Crippen LogP contribution in [0.25, 0.3) is 0 Å². The third-order valence-electron chi connectivity index (χ3n) is 6.97. The first-order valence-corrected chi connectivity index (χ1v) is 12.5. The highest BCUT2D eigenvalue weighted by molar-refractivity contribution is 9.12. The van der Waals surface area contributed by atoms with E-state index >= 15 is 0 Å². The smallest absolute Gasteiger partial charge is 0.247 e. The Kier molecular flexibility index (Phi) is 5.90. The van der Waals surface area contributed by atoms with Crippen molar-refractivity contribution in [3.63, 3.8) is 0 Å². The second kappa shape index (κ2) is 8.05. The van der Waals surface area contributed by atoms with Crippen molar-refractivity contribution in [2.75, 3.05) is 5.32 Å². The Bertz CT molecular complexity index is 870. The summed E-state index contributed by atoms with van der Waals surface area (Å²) in [6.07, 6.45) is 1.34. The number of halogens is 2. The molecule has 3 fully saturated rings. The number of hydrogen-bond acceptors (Lipinski definition) is 3. The van der Waals surface area contributed by atoms with Crippen molar-refractivity contribution >= 4 is 55.3 Å². The maximum absolute atomic E-state index is 13.4. The van der Waals surface area contributed by atoms with Crippen LogP contribution in [0.4, 0.5) is 5.69 Å². The summed E-state index contributed by atoms with van der Waals surface area (Å²) in [6.45, 7) is 7.97. The summed E-state index contributed by atoms with van der Waals surface area (Å²) in [7, 11) is 0. The van der Waals surface area contributed by atoms with Crippen LogP contribution < -0.4 is 5.32 Å². The van der Waals surface area contributed by atoms with Gasteiger partial charge in [-0.3, -0.25) is 19.3 Å². The molecule has 1 N–H and O–H groups in total. The Morgan fingerprint density at radius 3 is 2.17 bits per heavy atom. The number of nitrogens with one attached hydrogen (secondary N) is 1. The summed E-state index contributed by atoms with van der Waals surface area (Å²) in [4.78, 5) is 41.8. The molecular weight excluding hydrogens is 512 g/mol. The van der Waals surface area contributed by atoms with Crippen molar-refractivity contribution in [2.45, 2.75) is 56.2 Å². The number of carbonyl (C=O) groups is 3. The molecule has 2 aliphatic carbocycles. The highest BCUT2D eigenvalue weighted by Crippen LogP contribution is 2.60. The number of likely N-dealkylation sites (tertiary alicyclic amines) is 1. The van der Waals surface area contributed by atoms with Gasteiger partial charge in [0.2, 0.25) is 17.7 Å². The van der Waals surface area contributed by atoms with Crippen LogP contribution in [-0.2, 0) is 14.4 Å². The van der Waals surface area contributed by atoms with Gasteiger partial charge in [0.25, 0.3) is 0 Å². The number of carbonyl (C=O) groups excluding carboxylic acids is 3. The van der Waals surface area contributed by atoms with Crippen LogP contribution in [0.3, 0.4) is 0 Å². The summed E-state index contributed by atoms with van der Waals surface area (Å²) < 4.78 is 0. The highest BCUT2D eigenvalue weighted by Gasteiger charge is 2.67. The normalized spacial score (nSPS) is 33.4. The van der Waals surface area contributed by atoms with Crippen LogP contribution in [0.5, 0.6) is 0 Å². The Hall–Kier alpha value is -1.21. The maximum Gasteiger partial charge on any atom is 0.247 e. The third kappa shape index (κ3) is 3.46. The van der Waals surface area contributed by atoms with Gasteiger partial charge in [0.05, 0.1) is 11.8 Å². The maximum atomic E-state index is 13.4. The molecule has 3 aliphatic rings. The standard InChI is InChI=1S/C23H28Br2N2O3/c1-10(2)7-16(21(28)26-15-6-5-11(3)8-12(15)4)27-22(29)17-13-9-14(18(17)23(27)30)20(25)19(13)24/h5-6,8,10,13-14,16-20H,7,9H2,1-4H3,(H,26,28)/t13-,14-,16+,17-,18+,19-,20+/m1/s1. The average Bonchev–Trinajstić information content (AvgIpc) is 3.27. The molecule has 1 heterocycles. The monoisotopic (exact) mass is 538 g/mol. The molecule has 3 amide bonds. The number of rotatable bonds is 5. The number of alkyl halides is 2. The van der Waals surface area contributed by atoms with E-state index in [0.29, 0.717) is 6.42 Å². The fraction of sp³-hybridized carbons (Fsp3) is 0.609. The minimum Gasteiger partial charge on any atom is -0.324 e. The molecule has 7 atom stereocenters.